The van der Waals surface area contributed by atoms with Gasteiger partial charge in [0.25, 0.3) is 5.24 Å². The molecular formula is C9H5Cl2F3O. The van der Waals surface area contributed by atoms with Crippen LogP contribution in [-0.2, 0) is 6.18 Å². The Bertz CT molecular complexity index is 413. The summed E-state index contributed by atoms with van der Waals surface area (Å²) in [7, 11) is 0. The lowest BCUT2D eigenvalue weighted by Gasteiger charge is -2.10. The Balaban J connectivity index is 3.43. The highest BCUT2D eigenvalue weighted by Gasteiger charge is 2.32. The highest BCUT2D eigenvalue weighted by atomic mass is 35.5. The van der Waals surface area contributed by atoms with Crippen molar-refractivity contribution in [1.29, 1.82) is 0 Å². The summed E-state index contributed by atoms with van der Waals surface area (Å²) in [5.74, 6) is 0. The van der Waals surface area contributed by atoms with Crippen molar-refractivity contribution >= 4 is 28.4 Å². The molecule has 0 aliphatic carbocycles. The predicted molar refractivity (Wildman–Crippen MR) is 51.4 cm³/mol. The van der Waals surface area contributed by atoms with Crippen LogP contribution in [0.3, 0.4) is 0 Å². The maximum Gasteiger partial charge on any atom is 0.416 e. The summed E-state index contributed by atoms with van der Waals surface area (Å²) < 4.78 is 37.0. The van der Waals surface area contributed by atoms with Gasteiger partial charge in [-0.3, -0.25) is 4.79 Å². The lowest BCUT2D eigenvalue weighted by Crippen LogP contribution is -2.07. The Kier molecular flexibility index (Phi) is 3.31. The van der Waals surface area contributed by atoms with E-state index in [9.17, 15) is 18.0 Å². The Morgan fingerprint density at radius 2 is 1.87 bits per heavy atom. The molecule has 0 radical (unpaired) electrons. The highest BCUT2D eigenvalue weighted by molar-refractivity contribution is 6.68. The summed E-state index contributed by atoms with van der Waals surface area (Å²) in [4.78, 5) is 10.8. The van der Waals surface area contributed by atoms with Gasteiger partial charge in [0.15, 0.2) is 0 Å². The number of carbonyl (C=O) groups is 1. The van der Waals surface area contributed by atoms with E-state index in [1.54, 1.807) is 0 Å². The van der Waals surface area contributed by atoms with E-state index in [1.807, 2.05) is 0 Å². The smallest absolute Gasteiger partial charge is 0.276 e. The molecule has 0 aromatic heterocycles. The molecule has 0 saturated heterocycles. The largest absolute Gasteiger partial charge is 0.416 e. The molecule has 0 bridgehead atoms. The van der Waals surface area contributed by atoms with E-state index in [0.717, 1.165) is 6.07 Å². The minimum absolute atomic E-state index is 0.131. The van der Waals surface area contributed by atoms with Crippen LogP contribution in [0.5, 0.6) is 0 Å². The number of rotatable bonds is 1. The second-order valence-electron chi connectivity index (χ2n) is 2.90. The summed E-state index contributed by atoms with van der Waals surface area (Å²) in [5.41, 5.74) is -0.969. The second kappa shape index (κ2) is 4.02. The van der Waals surface area contributed by atoms with Crippen molar-refractivity contribution in [2.45, 2.75) is 13.1 Å². The van der Waals surface area contributed by atoms with E-state index >= 15 is 0 Å². The zero-order chi connectivity index (χ0) is 11.8. The molecule has 0 heterocycles. The van der Waals surface area contributed by atoms with Gasteiger partial charge >= 0.3 is 6.18 Å². The Hall–Kier alpha value is -0.740. The van der Waals surface area contributed by atoms with Crippen LogP contribution < -0.4 is 0 Å². The van der Waals surface area contributed by atoms with Crippen molar-refractivity contribution in [3.8, 4) is 0 Å². The highest BCUT2D eigenvalue weighted by Crippen LogP contribution is 2.34. The molecule has 1 rings (SSSR count). The predicted octanol–water partition coefficient (Wildman–Crippen LogP) is 4.05. The quantitative estimate of drug-likeness (QED) is 0.693. The lowest BCUT2D eigenvalue weighted by molar-refractivity contribution is -0.137. The molecule has 0 saturated carbocycles. The van der Waals surface area contributed by atoms with Gasteiger partial charge in [-0.05, 0) is 36.2 Å². The molecule has 0 aliphatic heterocycles. The van der Waals surface area contributed by atoms with Gasteiger partial charge in [0, 0.05) is 10.6 Å². The third-order valence-corrected chi connectivity index (χ3v) is 2.48. The summed E-state index contributed by atoms with van der Waals surface area (Å²) in [5, 5.41) is -1.09. The molecule has 0 aliphatic rings. The SMILES string of the molecule is Cc1c(Cl)cc(C(F)(F)F)cc1C(=O)Cl. The van der Waals surface area contributed by atoms with Crippen molar-refractivity contribution in [3.63, 3.8) is 0 Å². The van der Waals surface area contributed by atoms with E-state index in [0.29, 0.717) is 6.07 Å². The molecule has 0 atom stereocenters. The third kappa shape index (κ3) is 2.63. The number of benzene rings is 1. The van der Waals surface area contributed by atoms with E-state index < -0.39 is 17.0 Å². The van der Waals surface area contributed by atoms with Gasteiger partial charge in [-0.25, -0.2) is 0 Å². The summed E-state index contributed by atoms with van der Waals surface area (Å²) in [6.07, 6.45) is -4.54. The molecule has 15 heavy (non-hydrogen) atoms. The van der Waals surface area contributed by atoms with Gasteiger partial charge in [0.05, 0.1) is 5.56 Å². The zero-order valence-corrected chi connectivity index (χ0v) is 8.96. The van der Waals surface area contributed by atoms with Crippen LogP contribution in [0.25, 0.3) is 0 Å². The topological polar surface area (TPSA) is 17.1 Å². The third-order valence-electron chi connectivity index (χ3n) is 1.88. The molecule has 0 N–H and O–H groups in total. The maximum atomic E-state index is 12.3. The summed E-state index contributed by atoms with van der Waals surface area (Å²) in [6.45, 7) is 1.43. The second-order valence-corrected chi connectivity index (χ2v) is 3.65. The molecule has 0 amide bonds. The normalized spacial score (nSPS) is 11.6. The molecule has 6 heteroatoms. The average Bonchev–Trinajstić information content (AvgIpc) is 2.06. The minimum Gasteiger partial charge on any atom is -0.276 e. The van der Waals surface area contributed by atoms with Crippen LogP contribution in [0.4, 0.5) is 13.2 Å². The number of carbonyl (C=O) groups excluding carboxylic acids is 1. The van der Waals surface area contributed by atoms with Crippen LogP contribution in [0.15, 0.2) is 12.1 Å². The number of alkyl halides is 3. The fourth-order valence-corrected chi connectivity index (χ4v) is 1.46. The van der Waals surface area contributed by atoms with Gasteiger partial charge in [-0.1, -0.05) is 11.6 Å². The Morgan fingerprint density at radius 1 is 1.33 bits per heavy atom. The van der Waals surface area contributed by atoms with Gasteiger partial charge in [-0.15, -0.1) is 0 Å². The Morgan fingerprint density at radius 3 is 2.27 bits per heavy atom. The standard InChI is InChI=1S/C9H5Cl2F3O/c1-4-6(8(11)15)2-5(3-7(4)10)9(12,13)14/h2-3H,1H3. The minimum atomic E-state index is -4.54. The number of hydrogen-bond donors (Lipinski definition) is 0. The van der Waals surface area contributed by atoms with Gasteiger partial charge in [0.2, 0.25) is 0 Å². The van der Waals surface area contributed by atoms with Crippen molar-refractivity contribution in [3.05, 3.63) is 33.8 Å². The van der Waals surface area contributed by atoms with Crippen LogP contribution in [-0.4, -0.2) is 5.24 Å². The van der Waals surface area contributed by atoms with E-state index in [4.69, 9.17) is 23.2 Å². The summed E-state index contributed by atoms with van der Waals surface area (Å²) >= 11 is 10.7. The molecule has 0 spiro atoms. The monoisotopic (exact) mass is 256 g/mol. The first-order chi connectivity index (χ1) is 6.73. The molecule has 82 valence electrons. The molecular weight excluding hydrogens is 252 g/mol. The van der Waals surface area contributed by atoms with Gasteiger partial charge in [-0.2, -0.15) is 13.2 Å². The zero-order valence-electron chi connectivity index (χ0n) is 7.45. The lowest BCUT2D eigenvalue weighted by atomic mass is 10.1. The fraction of sp³-hybridized carbons (Fsp3) is 0.222. The molecule has 1 nitrogen and oxygen atoms in total. The maximum absolute atomic E-state index is 12.3. The number of hydrogen-bond acceptors (Lipinski definition) is 1. The molecule has 0 unspecified atom stereocenters. The van der Waals surface area contributed by atoms with E-state index in [2.05, 4.69) is 0 Å². The van der Waals surface area contributed by atoms with Gasteiger partial charge in [0.1, 0.15) is 0 Å². The first kappa shape index (κ1) is 12.3. The average molecular weight is 257 g/mol. The molecule has 1 aromatic rings. The van der Waals surface area contributed by atoms with Crippen LogP contribution in [0.2, 0.25) is 5.02 Å². The van der Waals surface area contributed by atoms with Crippen LogP contribution in [0.1, 0.15) is 21.5 Å². The van der Waals surface area contributed by atoms with Gasteiger partial charge < -0.3 is 0 Å². The Labute approximate surface area is 93.8 Å². The molecule has 1 aromatic carbocycles. The van der Waals surface area contributed by atoms with Crippen molar-refractivity contribution in [1.82, 2.24) is 0 Å². The first-order valence-electron chi connectivity index (χ1n) is 3.80. The van der Waals surface area contributed by atoms with Crippen molar-refractivity contribution in [2.75, 3.05) is 0 Å². The first-order valence-corrected chi connectivity index (χ1v) is 4.56. The van der Waals surface area contributed by atoms with Crippen LogP contribution >= 0.6 is 23.2 Å². The number of halogens is 5. The fourth-order valence-electron chi connectivity index (χ4n) is 1.05. The van der Waals surface area contributed by atoms with Crippen LogP contribution in [0, 0.1) is 6.92 Å². The van der Waals surface area contributed by atoms with E-state index in [-0.39, 0.29) is 16.1 Å². The van der Waals surface area contributed by atoms with Crippen molar-refractivity contribution < 1.29 is 18.0 Å². The van der Waals surface area contributed by atoms with Crippen molar-refractivity contribution in [2.24, 2.45) is 0 Å². The van der Waals surface area contributed by atoms with E-state index in [1.165, 1.54) is 6.92 Å². The summed E-state index contributed by atoms with van der Waals surface area (Å²) in [6, 6.07) is 1.46. The molecule has 0 fully saturated rings.